The van der Waals surface area contributed by atoms with Crippen molar-refractivity contribution in [2.45, 2.75) is 33.0 Å². The highest BCUT2D eigenvalue weighted by Crippen LogP contribution is 2.17. The Kier molecular flexibility index (Phi) is 5.08. The Balaban J connectivity index is 1.66. The van der Waals surface area contributed by atoms with E-state index in [0.717, 1.165) is 41.3 Å². The minimum Gasteiger partial charge on any atom is -0.346 e. The number of urea groups is 1. The molecular formula is C17H23N5O2S. The fraction of sp³-hybridized carbons (Fsp3) is 0.471. The molecule has 8 heteroatoms. The standard InChI is InChI=1S/C17H23N5O2S/c1-12-5-8-25-15(12)16(23)18-10-13-9-14-11-21(17(24)20(2)3)6-4-7-22(14)19-13/h5,8-9H,4,6-7,10-11H2,1-3H3,(H,18,23). The van der Waals surface area contributed by atoms with Crippen molar-refractivity contribution >= 4 is 23.3 Å². The van der Waals surface area contributed by atoms with E-state index in [4.69, 9.17) is 0 Å². The number of thiophene rings is 1. The van der Waals surface area contributed by atoms with Gasteiger partial charge >= 0.3 is 6.03 Å². The van der Waals surface area contributed by atoms with Crippen molar-refractivity contribution in [3.8, 4) is 0 Å². The molecule has 3 amide bonds. The fourth-order valence-electron chi connectivity index (χ4n) is 2.91. The number of carbonyl (C=O) groups excluding carboxylic acids is 2. The lowest BCUT2D eigenvalue weighted by atomic mass is 10.3. The third kappa shape index (κ3) is 3.84. The van der Waals surface area contributed by atoms with Crippen LogP contribution < -0.4 is 5.32 Å². The lowest BCUT2D eigenvalue weighted by Crippen LogP contribution is -2.38. The number of nitrogens with zero attached hydrogens (tertiary/aromatic N) is 4. The van der Waals surface area contributed by atoms with Crippen LogP contribution in [-0.4, -0.2) is 52.2 Å². The zero-order valence-electron chi connectivity index (χ0n) is 14.8. The summed E-state index contributed by atoms with van der Waals surface area (Å²) in [4.78, 5) is 28.6. The van der Waals surface area contributed by atoms with Gasteiger partial charge in [-0.3, -0.25) is 9.48 Å². The SMILES string of the molecule is Cc1ccsc1C(=O)NCc1cc2n(n1)CCCN(C(=O)N(C)C)C2. The van der Waals surface area contributed by atoms with Crippen molar-refractivity contribution in [1.82, 2.24) is 24.9 Å². The topological polar surface area (TPSA) is 70.5 Å². The molecule has 1 aliphatic rings. The first-order valence-electron chi connectivity index (χ1n) is 8.30. The Bertz CT molecular complexity index is 780. The minimum absolute atomic E-state index is 0.0117. The van der Waals surface area contributed by atoms with E-state index in [0.29, 0.717) is 13.1 Å². The van der Waals surface area contributed by atoms with Crippen LogP contribution in [-0.2, 0) is 19.6 Å². The van der Waals surface area contributed by atoms with Crippen LogP contribution in [0.4, 0.5) is 4.79 Å². The maximum Gasteiger partial charge on any atom is 0.319 e. The molecule has 0 saturated heterocycles. The van der Waals surface area contributed by atoms with Crippen LogP contribution in [0.3, 0.4) is 0 Å². The van der Waals surface area contributed by atoms with E-state index in [2.05, 4.69) is 10.4 Å². The lowest BCUT2D eigenvalue weighted by molar-refractivity contribution is 0.0954. The van der Waals surface area contributed by atoms with Gasteiger partial charge in [-0.1, -0.05) is 0 Å². The number of amides is 3. The average molecular weight is 361 g/mol. The van der Waals surface area contributed by atoms with Crippen LogP contribution in [0.25, 0.3) is 0 Å². The molecule has 0 bridgehead atoms. The van der Waals surface area contributed by atoms with E-state index in [-0.39, 0.29) is 11.9 Å². The molecule has 7 nitrogen and oxygen atoms in total. The highest BCUT2D eigenvalue weighted by Gasteiger charge is 2.22. The number of aromatic nitrogens is 2. The molecule has 2 aromatic heterocycles. The lowest BCUT2D eigenvalue weighted by Gasteiger charge is -2.23. The molecule has 0 unspecified atom stereocenters. The van der Waals surface area contributed by atoms with Gasteiger partial charge in [0.1, 0.15) is 0 Å². The van der Waals surface area contributed by atoms with E-state index in [1.807, 2.05) is 34.0 Å². The quantitative estimate of drug-likeness (QED) is 0.910. The normalized spacial score (nSPS) is 14.0. The molecule has 1 aliphatic heterocycles. The van der Waals surface area contributed by atoms with Gasteiger partial charge < -0.3 is 15.1 Å². The van der Waals surface area contributed by atoms with E-state index in [1.54, 1.807) is 19.0 Å². The molecule has 0 spiro atoms. The van der Waals surface area contributed by atoms with Gasteiger partial charge in [0.05, 0.1) is 29.4 Å². The van der Waals surface area contributed by atoms with Gasteiger partial charge in [0.25, 0.3) is 5.91 Å². The van der Waals surface area contributed by atoms with Gasteiger partial charge in [-0.25, -0.2) is 4.79 Å². The Morgan fingerprint density at radius 2 is 2.16 bits per heavy atom. The van der Waals surface area contributed by atoms with Crippen LogP contribution in [0.2, 0.25) is 0 Å². The van der Waals surface area contributed by atoms with Crippen molar-refractivity contribution in [1.29, 1.82) is 0 Å². The summed E-state index contributed by atoms with van der Waals surface area (Å²) in [6, 6.07) is 3.93. The number of fused-ring (bicyclic) bond motifs is 1. The van der Waals surface area contributed by atoms with Crippen molar-refractivity contribution in [2.75, 3.05) is 20.6 Å². The van der Waals surface area contributed by atoms with Crippen LogP contribution >= 0.6 is 11.3 Å². The Morgan fingerprint density at radius 1 is 1.36 bits per heavy atom. The maximum absolute atomic E-state index is 12.2. The third-order valence-electron chi connectivity index (χ3n) is 4.22. The highest BCUT2D eigenvalue weighted by atomic mass is 32.1. The summed E-state index contributed by atoms with van der Waals surface area (Å²) in [5, 5.41) is 9.42. The van der Waals surface area contributed by atoms with Gasteiger partial charge in [-0.2, -0.15) is 5.10 Å². The molecule has 0 aromatic carbocycles. The van der Waals surface area contributed by atoms with Gasteiger partial charge in [0, 0.05) is 27.2 Å². The van der Waals surface area contributed by atoms with Crippen LogP contribution in [0.5, 0.6) is 0 Å². The Labute approximate surface area is 151 Å². The Hall–Kier alpha value is -2.35. The second kappa shape index (κ2) is 7.26. The number of hydrogen-bond donors (Lipinski definition) is 1. The molecule has 0 aliphatic carbocycles. The zero-order chi connectivity index (χ0) is 18.0. The summed E-state index contributed by atoms with van der Waals surface area (Å²) in [5.74, 6) is -0.0693. The van der Waals surface area contributed by atoms with Crippen LogP contribution in [0, 0.1) is 6.92 Å². The summed E-state index contributed by atoms with van der Waals surface area (Å²) in [5.41, 5.74) is 2.81. The van der Waals surface area contributed by atoms with Crippen molar-refractivity contribution in [2.24, 2.45) is 0 Å². The molecule has 0 atom stereocenters. The highest BCUT2D eigenvalue weighted by molar-refractivity contribution is 7.12. The van der Waals surface area contributed by atoms with Crippen molar-refractivity contribution < 1.29 is 9.59 Å². The molecule has 3 rings (SSSR count). The average Bonchev–Trinajstić information content (AvgIpc) is 3.12. The van der Waals surface area contributed by atoms with Crippen molar-refractivity contribution in [3.63, 3.8) is 0 Å². The van der Waals surface area contributed by atoms with E-state index in [1.165, 1.54) is 11.3 Å². The van der Waals surface area contributed by atoms with Gasteiger partial charge in [-0.05, 0) is 36.4 Å². The first-order chi connectivity index (χ1) is 12.0. The maximum atomic E-state index is 12.2. The molecule has 0 fully saturated rings. The second-order valence-electron chi connectivity index (χ2n) is 6.42. The first kappa shape index (κ1) is 17.5. The largest absolute Gasteiger partial charge is 0.346 e. The minimum atomic E-state index is -0.0693. The third-order valence-corrected chi connectivity index (χ3v) is 5.23. The number of nitrogens with one attached hydrogen (secondary N) is 1. The first-order valence-corrected chi connectivity index (χ1v) is 9.18. The number of hydrogen-bond acceptors (Lipinski definition) is 4. The molecule has 25 heavy (non-hydrogen) atoms. The van der Waals surface area contributed by atoms with E-state index >= 15 is 0 Å². The van der Waals surface area contributed by atoms with Gasteiger partial charge in [0.2, 0.25) is 0 Å². The molecule has 0 saturated carbocycles. The fourth-order valence-corrected chi connectivity index (χ4v) is 3.75. The molecule has 1 N–H and O–H groups in total. The molecule has 134 valence electrons. The van der Waals surface area contributed by atoms with Gasteiger partial charge in [0.15, 0.2) is 0 Å². The van der Waals surface area contributed by atoms with Gasteiger partial charge in [-0.15, -0.1) is 11.3 Å². The number of rotatable bonds is 3. The van der Waals surface area contributed by atoms with E-state index in [9.17, 15) is 9.59 Å². The summed E-state index contributed by atoms with van der Waals surface area (Å²) < 4.78 is 1.95. The number of aryl methyl sites for hydroxylation is 2. The van der Waals surface area contributed by atoms with E-state index < -0.39 is 0 Å². The summed E-state index contributed by atoms with van der Waals surface area (Å²) in [7, 11) is 3.52. The predicted molar refractivity (Wildman–Crippen MR) is 96.6 cm³/mol. The predicted octanol–water partition coefficient (Wildman–Crippen LogP) is 2.07. The molecule has 2 aromatic rings. The molecule has 3 heterocycles. The summed E-state index contributed by atoms with van der Waals surface area (Å²) in [6.45, 7) is 4.37. The molecule has 0 radical (unpaired) electrons. The Morgan fingerprint density at radius 3 is 2.84 bits per heavy atom. The molecular weight excluding hydrogens is 338 g/mol. The van der Waals surface area contributed by atoms with Crippen molar-refractivity contribution in [3.05, 3.63) is 39.3 Å². The zero-order valence-corrected chi connectivity index (χ0v) is 15.6. The summed E-state index contributed by atoms with van der Waals surface area (Å²) >= 11 is 1.44. The smallest absolute Gasteiger partial charge is 0.319 e. The van der Waals surface area contributed by atoms with Crippen LogP contribution in [0.15, 0.2) is 17.5 Å². The summed E-state index contributed by atoms with van der Waals surface area (Å²) in [6.07, 6.45) is 0.869. The monoisotopic (exact) mass is 361 g/mol. The number of carbonyl (C=O) groups is 2. The second-order valence-corrected chi connectivity index (χ2v) is 7.33. The van der Waals surface area contributed by atoms with Crippen LogP contribution in [0.1, 0.15) is 33.0 Å².